The molecule has 0 bridgehead atoms. The molecule has 0 aromatic carbocycles. The van der Waals surface area contributed by atoms with Crippen molar-refractivity contribution in [2.45, 2.75) is 25.9 Å². The predicted octanol–water partition coefficient (Wildman–Crippen LogP) is 1.02. The molecule has 0 aromatic rings. The largest absolute Gasteiger partial charge is 0.388 e. The van der Waals surface area contributed by atoms with E-state index in [1.54, 1.807) is 0 Å². The average Bonchev–Trinajstić information content (AvgIpc) is 1.78. The summed E-state index contributed by atoms with van der Waals surface area (Å²) in [6.45, 7) is 10.4. The normalized spacial score (nSPS) is 22.8. The van der Waals surface area contributed by atoms with Crippen LogP contribution < -0.4 is 0 Å². The SMILES string of the molecule is C=C(C)CCN1CC(C)(O)C1. The average molecular weight is 155 g/mol. The molecule has 0 radical (unpaired) electrons. The Kier molecular flexibility index (Phi) is 2.35. The van der Waals surface area contributed by atoms with Gasteiger partial charge in [-0.2, -0.15) is 0 Å². The van der Waals surface area contributed by atoms with Gasteiger partial charge >= 0.3 is 0 Å². The monoisotopic (exact) mass is 155 g/mol. The molecule has 1 aliphatic heterocycles. The molecule has 0 aliphatic carbocycles. The van der Waals surface area contributed by atoms with Crippen LogP contribution in [0.5, 0.6) is 0 Å². The molecular formula is C9H17NO. The van der Waals surface area contributed by atoms with Crippen molar-refractivity contribution in [3.8, 4) is 0 Å². The Hall–Kier alpha value is -0.340. The maximum absolute atomic E-state index is 9.38. The Morgan fingerprint density at radius 3 is 2.55 bits per heavy atom. The summed E-state index contributed by atoms with van der Waals surface area (Å²) in [7, 11) is 0. The van der Waals surface area contributed by atoms with Gasteiger partial charge in [0.05, 0.1) is 5.60 Å². The molecule has 0 amide bonds. The van der Waals surface area contributed by atoms with E-state index in [1.165, 1.54) is 5.57 Å². The molecule has 1 heterocycles. The van der Waals surface area contributed by atoms with Crippen molar-refractivity contribution in [3.63, 3.8) is 0 Å². The lowest BCUT2D eigenvalue weighted by molar-refractivity contribution is -0.0823. The second-order valence-corrected chi connectivity index (χ2v) is 3.91. The van der Waals surface area contributed by atoms with Crippen LogP contribution in [0.2, 0.25) is 0 Å². The van der Waals surface area contributed by atoms with E-state index in [2.05, 4.69) is 11.5 Å². The minimum Gasteiger partial charge on any atom is -0.388 e. The molecular weight excluding hydrogens is 138 g/mol. The van der Waals surface area contributed by atoms with Crippen molar-refractivity contribution in [3.05, 3.63) is 12.2 Å². The summed E-state index contributed by atoms with van der Waals surface area (Å²) in [5.74, 6) is 0. The number of rotatable bonds is 3. The van der Waals surface area contributed by atoms with Gasteiger partial charge in [0.25, 0.3) is 0 Å². The molecule has 1 aliphatic rings. The molecule has 2 heteroatoms. The van der Waals surface area contributed by atoms with Gasteiger partial charge in [-0.3, -0.25) is 4.90 Å². The van der Waals surface area contributed by atoms with Gasteiger partial charge in [0.2, 0.25) is 0 Å². The quantitative estimate of drug-likeness (QED) is 0.615. The van der Waals surface area contributed by atoms with Crippen molar-refractivity contribution in [2.24, 2.45) is 0 Å². The molecule has 11 heavy (non-hydrogen) atoms. The van der Waals surface area contributed by atoms with E-state index in [-0.39, 0.29) is 0 Å². The Morgan fingerprint density at radius 2 is 2.18 bits per heavy atom. The Labute approximate surface area is 68.5 Å². The lowest BCUT2D eigenvalue weighted by Gasteiger charge is -2.44. The van der Waals surface area contributed by atoms with E-state index in [1.807, 2.05) is 13.8 Å². The molecule has 0 atom stereocenters. The molecule has 0 saturated carbocycles. The summed E-state index contributed by atoms with van der Waals surface area (Å²) in [5.41, 5.74) is 0.797. The third-order valence-electron chi connectivity index (χ3n) is 1.98. The molecule has 0 unspecified atom stereocenters. The Balaban J connectivity index is 2.09. The van der Waals surface area contributed by atoms with Gasteiger partial charge in [-0.1, -0.05) is 5.57 Å². The maximum Gasteiger partial charge on any atom is 0.0872 e. The maximum atomic E-state index is 9.38. The third-order valence-corrected chi connectivity index (χ3v) is 1.98. The van der Waals surface area contributed by atoms with Gasteiger partial charge in [0.1, 0.15) is 0 Å². The fourth-order valence-corrected chi connectivity index (χ4v) is 1.42. The zero-order chi connectivity index (χ0) is 8.48. The minimum atomic E-state index is -0.422. The van der Waals surface area contributed by atoms with E-state index in [4.69, 9.17) is 0 Å². The fourth-order valence-electron chi connectivity index (χ4n) is 1.42. The zero-order valence-electron chi connectivity index (χ0n) is 7.43. The summed E-state index contributed by atoms with van der Waals surface area (Å²) >= 11 is 0. The third kappa shape index (κ3) is 2.64. The van der Waals surface area contributed by atoms with E-state index >= 15 is 0 Å². The van der Waals surface area contributed by atoms with Crippen LogP contribution in [0.4, 0.5) is 0 Å². The summed E-state index contributed by atoms with van der Waals surface area (Å²) < 4.78 is 0. The summed E-state index contributed by atoms with van der Waals surface area (Å²) in [4.78, 5) is 2.24. The van der Waals surface area contributed by atoms with Crippen LogP contribution in [0.15, 0.2) is 12.2 Å². The lowest BCUT2D eigenvalue weighted by Crippen LogP contribution is -2.59. The highest BCUT2D eigenvalue weighted by atomic mass is 16.3. The summed E-state index contributed by atoms with van der Waals surface area (Å²) in [5, 5.41) is 9.38. The number of nitrogens with zero attached hydrogens (tertiary/aromatic N) is 1. The summed E-state index contributed by atoms with van der Waals surface area (Å²) in [6.07, 6.45) is 1.05. The first-order valence-corrected chi connectivity index (χ1v) is 4.09. The number of β-amino-alcohol motifs (C(OH)–C–C–N with tert-alkyl or cyclic N) is 1. The van der Waals surface area contributed by atoms with Gasteiger partial charge in [-0.15, -0.1) is 6.58 Å². The molecule has 64 valence electrons. The van der Waals surface area contributed by atoms with Gasteiger partial charge in [-0.05, 0) is 20.3 Å². The number of hydrogen-bond donors (Lipinski definition) is 1. The van der Waals surface area contributed by atoms with Crippen LogP contribution in [-0.2, 0) is 0 Å². The predicted molar refractivity (Wildman–Crippen MR) is 46.5 cm³/mol. The Bertz CT molecular complexity index is 155. The number of hydrogen-bond acceptors (Lipinski definition) is 2. The van der Waals surface area contributed by atoms with Crippen molar-refractivity contribution < 1.29 is 5.11 Å². The van der Waals surface area contributed by atoms with E-state index < -0.39 is 5.60 Å². The van der Waals surface area contributed by atoms with Crippen LogP contribution in [0.3, 0.4) is 0 Å². The second kappa shape index (κ2) is 2.95. The molecule has 1 N–H and O–H groups in total. The van der Waals surface area contributed by atoms with Crippen molar-refractivity contribution in [1.29, 1.82) is 0 Å². The Morgan fingerprint density at radius 1 is 1.64 bits per heavy atom. The lowest BCUT2D eigenvalue weighted by atomic mass is 9.96. The van der Waals surface area contributed by atoms with Crippen molar-refractivity contribution in [1.82, 2.24) is 4.90 Å². The number of likely N-dealkylation sites (tertiary alicyclic amines) is 1. The molecule has 2 nitrogen and oxygen atoms in total. The first-order valence-electron chi connectivity index (χ1n) is 4.09. The van der Waals surface area contributed by atoms with Crippen LogP contribution in [0, 0.1) is 0 Å². The highest BCUT2D eigenvalue weighted by Gasteiger charge is 2.35. The molecule has 1 fully saturated rings. The van der Waals surface area contributed by atoms with E-state index in [0.29, 0.717) is 0 Å². The fraction of sp³-hybridized carbons (Fsp3) is 0.778. The first-order chi connectivity index (χ1) is 4.99. The van der Waals surface area contributed by atoms with Gasteiger partial charge < -0.3 is 5.11 Å². The van der Waals surface area contributed by atoms with E-state index in [9.17, 15) is 5.11 Å². The highest BCUT2D eigenvalue weighted by Crippen LogP contribution is 2.19. The zero-order valence-corrected chi connectivity index (χ0v) is 7.43. The van der Waals surface area contributed by atoms with Crippen molar-refractivity contribution in [2.75, 3.05) is 19.6 Å². The number of aliphatic hydroxyl groups is 1. The summed E-state index contributed by atoms with van der Waals surface area (Å²) in [6, 6.07) is 0. The van der Waals surface area contributed by atoms with Crippen LogP contribution in [0.25, 0.3) is 0 Å². The van der Waals surface area contributed by atoms with Crippen LogP contribution >= 0.6 is 0 Å². The standard InChI is InChI=1S/C9H17NO/c1-8(2)4-5-10-6-9(3,11)7-10/h11H,1,4-7H2,2-3H3. The topological polar surface area (TPSA) is 23.5 Å². The van der Waals surface area contributed by atoms with Crippen molar-refractivity contribution >= 4 is 0 Å². The molecule has 0 spiro atoms. The van der Waals surface area contributed by atoms with Crippen LogP contribution in [-0.4, -0.2) is 35.2 Å². The molecule has 0 aromatic heterocycles. The van der Waals surface area contributed by atoms with Gasteiger partial charge in [0, 0.05) is 19.6 Å². The van der Waals surface area contributed by atoms with Gasteiger partial charge in [0.15, 0.2) is 0 Å². The molecule has 1 rings (SSSR count). The van der Waals surface area contributed by atoms with Crippen LogP contribution in [0.1, 0.15) is 20.3 Å². The second-order valence-electron chi connectivity index (χ2n) is 3.91. The van der Waals surface area contributed by atoms with Gasteiger partial charge in [-0.25, -0.2) is 0 Å². The minimum absolute atomic E-state index is 0.422. The highest BCUT2D eigenvalue weighted by molar-refractivity contribution is 4.95. The smallest absolute Gasteiger partial charge is 0.0872 e. The first kappa shape index (κ1) is 8.75. The molecule has 1 saturated heterocycles. The van der Waals surface area contributed by atoms with E-state index in [0.717, 1.165) is 26.1 Å².